The highest BCUT2D eigenvalue weighted by Gasteiger charge is 2.40. The van der Waals surface area contributed by atoms with Crippen molar-refractivity contribution in [1.29, 1.82) is 0 Å². The monoisotopic (exact) mass is 364 g/mol. The summed E-state index contributed by atoms with van der Waals surface area (Å²) in [5.74, 6) is 0. The fourth-order valence-electron chi connectivity index (χ4n) is 4.08. The molecule has 0 radical (unpaired) electrons. The number of likely N-dealkylation sites (N-methyl/N-ethyl adjacent to an activating group) is 1. The molecular weight excluding hydrogens is 336 g/mol. The van der Waals surface area contributed by atoms with Crippen molar-refractivity contribution < 1.29 is 4.79 Å². The van der Waals surface area contributed by atoms with E-state index in [-0.39, 0.29) is 17.6 Å². The predicted octanol–water partition coefficient (Wildman–Crippen LogP) is 2.87. The Kier molecular flexibility index (Phi) is 5.87. The number of amides is 2. The van der Waals surface area contributed by atoms with E-state index in [0.717, 1.165) is 57.5 Å². The lowest BCUT2D eigenvalue weighted by atomic mass is 9.86. The molecule has 2 saturated heterocycles. The summed E-state index contributed by atoms with van der Waals surface area (Å²) in [6, 6.07) is 7.61. The summed E-state index contributed by atoms with van der Waals surface area (Å²) in [6.07, 6.45) is 3.19. The molecule has 2 amide bonds. The molecule has 6 heteroatoms. The number of benzene rings is 1. The molecule has 25 heavy (non-hydrogen) atoms. The van der Waals surface area contributed by atoms with Crippen LogP contribution in [0.15, 0.2) is 24.3 Å². The summed E-state index contributed by atoms with van der Waals surface area (Å²) in [5.41, 5.74) is 1.06. The molecule has 1 spiro atoms. The highest BCUT2D eigenvalue weighted by Crippen LogP contribution is 2.29. The minimum atomic E-state index is -0.105. The van der Waals surface area contributed by atoms with Crippen molar-refractivity contribution in [3.05, 3.63) is 34.9 Å². The van der Waals surface area contributed by atoms with E-state index >= 15 is 0 Å². The Labute approximate surface area is 155 Å². The number of nitrogens with one attached hydrogen (secondary N) is 2. The summed E-state index contributed by atoms with van der Waals surface area (Å²) in [5, 5.41) is 7.28. The molecule has 3 rings (SSSR count). The highest BCUT2D eigenvalue weighted by molar-refractivity contribution is 6.31. The maximum absolute atomic E-state index is 12.9. The first-order chi connectivity index (χ1) is 12.0. The lowest BCUT2D eigenvalue weighted by Gasteiger charge is -2.45. The lowest BCUT2D eigenvalue weighted by molar-refractivity contribution is 0.0723. The summed E-state index contributed by atoms with van der Waals surface area (Å²) < 4.78 is 0. The van der Waals surface area contributed by atoms with E-state index in [2.05, 4.69) is 22.6 Å². The SMILES string of the molecule is CC(NC(=O)N1CCCN(C)C2(CCNCC2)C1)c1ccccc1Cl. The van der Waals surface area contributed by atoms with Gasteiger partial charge in [-0.25, -0.2) is 4.79 Å². The van der Waals surface area contributed by atoms with Gasteiger partial charge in [-0.05, 0) is 58.0 Å². The van der Waals surface area contributed by atoms with Crippen LogP contribution in [0, 0.1) is 0 Å². The number of rotatable bonds is 2. The zero-order valence-corrected chi connectivity index (χ0v) is 16.0. The van der Waals surface area contributed by atoms with Gasteiger partial charge in [0.15, 0.2) is 0 Å². The van der Waals surface area contributed by atoms with Gasteiger partial charge in [-0.3, -0.25) is 4.90 Å². The van der Waals surface area contributed by atoms with Gasteiger partial charge in [-0.15, -0.1) is 0 Å². The number of urea groups is 1. The van der Waals surface area contributed by atoms with E-state index in [1.54, 1.807) is 0 Å². The second-order valence-electron chi connectivity index (χ2n) is 7.36. The van der Waals surface area contributed by atoms with Crippen molar-refractivity contribution in [3.8, 4) is 0 Å². The summed E-state index contributed by atoms with van der Waals surface area (Å²) in [7, 11) is 2.21. The third kappa shape index (κ3) is 4.10. The summed E-state index contributed by atoms with van der Waals surface area (Å²) in [4.78, 5) is 17.4. The van der Waals surface area contributed by atoms with Gasteiger partial charge in [-0.1, -0.05) is 29.8 Å². The minimum absolute atomic E-state index is 0.0145. The van der Waals surface area contributed by atoms with Crippen LogP contribution in [0.4, 0.5) is 4.79 Å². The number of carbonyl (C=O) groups excluding carboxylic acids is 1. The molecule has 1 aromatic rings. The molecule has 1 atom stereocenters. The van der Waals surface area contributed by atoms with Gasteiger partial charge < -0.3 is 15.5 Å². The molecule has 0 bridgehead atoms. The van der Waals surface area contributed by atoms with Crippen LogP contribution < -0.4 is 10.6 Å². The van der Waals surface area contributed by atoms with E-state index < -0.39 is 0 Å². The van der Waals surface area contributed by atoms with Gasteiger partial charge in [0.1, 0.15) is 0 Å². The topological polar surface area (TPSA) is 47.6 Å². The number of hydrogen-bond donors (Lipinski definition) is 2. The Morgan fingerprint density at radius 3 is 2.72 bits per heavy atom. The molecule has 0 aliphatic carbocycles. The maximum atomic E-state index is 12.9. The Balaban J connectivity index is 1.69. The average Bonchev–Trinajstić information content (AvgIpc) is 2.76. The Bertz CT molecular complexity index is 603. The minimum Gasteiger partial charge on any atom is -0.331 e. The number of piperidine rings is 1. The van der Waals surface area contributed by atoms with Crippen molar-refractivity contribution in [2.24, 2.45) is 0 Å². The van der Waals surface area contributed by atoms with E-state index in [9.17, 15) is 4.79 Å². The fourth-order valence-corrected chi connectivity index (χ4v) is 4.38. The smallest absolute Gasteiger partial charge is 0.317 e. The molecule has 1 aromatic carbocycles. The van der Waals surface area contributed by atoms with Gasteiger partial charge in [0, 0.05) is 30.2 Å². The van der Waals surface area contributed by atoms with Crippen molar-refractivity contribution in [2.45, 2.75) is 37.8 Å². The largest absolute Gasteiger partial charge is 0.331 e. The molecule has 0 saturated carbocycles. The molecule has 5 nitrogen and oxygen atoms in total. The van der Waals surface area contributed by atoms with Crippen molar-refractivity contribution >= 4 is 17.6 Å². The predicted molar refractivity (Wildman–Crippen MR) is 102 cm³/mol. The van der Waals surface area contributed by atoms with Crippen molar-refractivity contribution in [3.63, 3.8) is 0 Å². The van der Waals surface area contributed by atoms with Crippen molar-refractivity contribution in [2.75, 3.05) is 39.8 Å². The molecule has 2 aliphatic rings. The number of halogens is 1. The molecule has 1 unspecified atom stereocenters. The fraction of sp³-hybridized carbons (Fsp3) is 0.632. The molecule has 2 fully saturated rings. The zero-order chi connectivity index (χ0) is 17.9. The van der Waals surface area contributed by atoms with Gasteiger partial charge in [0.25, 0.3) is 0 Å². The lowest BCUT2D eigenvalue weighted by Crippen LogP contribution is -2.59. The van der Waals surface area contributed by atoms with Crippen LogP contribution in [0.1, 0.15) is 37.8 Å². The van der Waals surface area contributed by atoms with Crippen molar-refractivity contribution in [1.82, 2.24) is 20.4 Å². The maximum Gasteiger partial charge on any atom is 0.317 e. The summed E-state index contributed by atoms with van der Waals surface area (Å²) >= 11 is 6.27. The first-order valence-electron chi connectivity index (χ1n) is 9.24. The summed E-state index contributed by atoms with van der Waals surface area (Å²) in [6.45, 7) is 6.69. The quantitative estimate of drug-likeness (QED) is 0.848. The zero-order valence-electron chi connectivity index (χ0n) is 15.2. The second-order valence-corrected chi connectivity index (χ2v) is 7.77. The first-order valence-corrected chi connectivity index (χ1v) is 9.61. The Morgan fingerprint density at radius 2 is 2.00 bits per heavy atom. The Hall–Kier alpha value is -1.30. The van der Waals surface area contributed by atoms with Crippen LogP contribution in [0.25, 0.3) is 0 Å². The standard InChI is InChI=1S/C19H29ClN4O/c1-15(16-6-3-4-7-17(16)20)22-18(25)24-13-5-12-23(2)19(14-24)8-10-21-11-9-19/h3-4,6-7,15,21H,5,8-14H2,1-2H3,(H,22,25). The van der Waals surface area contributed by atoms with Crippen LogP contribution in [-0.4, -0.2) is 61.1 Å². The molecule has 2 heterocycles. The third-order valence-corrected chi connectivity index (χ3v) is 6.09. The molecular formula is C19H29ClN4O. The number of hydrogen-bond acceptors (Lipinski definition) is 3. The van der Waals surface area contributed by atoms with Gasteiger partial charge in [0.05, 0.1) is 6.04 Å². The highest BCUT2D eigenvalue weighted by atomic mass is 35.5. The molecule has 2 N–H and O–H groups in total. The van der Waals surface area contributed by atoms with Crippen LogP contribution in [0.5, 0.6) is 0 Å². The van der Waals surface area contributed by atoms with Crippen LogP contribution in [-0.2, 0) is 0 Å². The van der Waals surface area contributed by atoms with Crippen LogP contribution >= 0.6 is 11.6 Å². The molecule has 138 valence electrons. The van der Waals surface area contributed by atoms with Gasteiger partial charge in [-0.2, -0.15) is 0 Å². The average molecular weight is 365 g/mol. The van der Waals surface area contributed by atoms with Gasteiger partial charge >= 0.3 is 6.03 Å². The first kappa shape index (κ1) is 18.5. The molecule has 2 aliphatic heterocycles. The van der Waals surface area contributed by atoms with E-state index in [1.165, 1.54) is 0 Å². The number of carbonyl (C=O) groups is 1. The van der Waals surface area contributed by atoms with Gasteiger partial charge in [0.2, 0.25) is 0 Å². The Morgan fingerprint density at radius 1 is 1.28 bits per heavy atom. The normalized spacial score (nSPS) is 22.4. The van der Waals surface area contributed by atoms with E-state index in [1.807, 2.05) is 36.1 Å². The second kappa shape index (κ2) is 7.94. The third-order valence-electron chi connectivity index (χ3n) is 5.75. The van der Waals surface area contributed by atoms with Crippen LogP contribution in [0.2, 0.25) is 5.02 Å². The van der Waals surface area contributed by atoms with E-state index in [4.69, 9.17) is 11.6 Å². The molecule has 0 aromatic heterocycles. The van der Waals surface area contributed by atoms with Crippen LogP contribution in [0.3, 0.4) is 0 Å². The van der Waals surface area contributed by atoms with E-state index in [0.29, 0.717) is 5.02 Å². The number of nitrogens with zero attached hydrogens (tertiary/aromatic N) is 2.